The molecule has 0 unspecified atom stereocenters. The highest BCUT2D eigenvalue weighted by molar-refractivity contribution is 9.10. The maximum atomic E-state index is 12.6. The summed E-state index contributed by atoms with van der Waals surface area (Å²) in [4.78, 5) is 12.4. The zero-order valence-corrected chi connectivity index (χ0v) is 17.9. The Balaban J connectivity index is 1.62. The van der Waals surface area contributed by atoms with Crippen LogP contribution in [0, 0.1) is 0 Å². The van der Waals surface area contributed by atoms with Crippen LogP contribution in [0.4, 0.5) is 5.69 Å². The number of anilines is 1. The molecule has 10 heteroatoms. The summed E-state index contributed by atoms with van der Waals surface area (Å²) in [5.41, 5.74) is 1.03. The van der Waals surface area contributed by atoms with Crippen LogP contribution in [0.1, 0.15) is 10.4 Å². The van der Waals surface area contributed by atoms with E-state index in [9.17, 15) is 13.2 Å². The van der Waals surface area contributed by atoms with Crippen LogP contribution in [0.3, 0.4) is 0 Å². The molecule has 1 heterocycles. The fourth-order valence-corrected chi connectivity index (χ4v) is 4.63. The minimum atomic E-state index is -3.55. The van der Waals surface area contributed by atoms with Gasteiger partial charge in [-0.2, -0.15) is 4.31 Å². The number of benzene rings is 2. The molecule has 0 spiro atoms. The van der Waals surface area contributed by atoms with Crippen LogP contribution in [0.15, 0.2) is 57.9 Å². The number of nitrogens with zero attached hydrogens (tertiary/aromatic N) is 1. The molecule has 2 aromatic carbocycles. The number of sulfonamides is 1. The maximum absolute atomic E-state index is 12.6. The van der Waals surface area contributed by atoms with Gasteiger partial charge in [-0.25, -0.2) is 8.42 Å². The molecule has 1 fully saturated rings. The predicted molar refractivity (Wildman–Crippen MR) is 114 cm³/mol. The second kappa shape index (κ2) is 9.10. The number of carbonyl (C=O) groups excluding carboxylic acids is 1. The van der Waals surface area contributed by atoms with Crippen molar-refractivity contribution < 1.29 is 17.9 Å². The summed E-state index contributed by atoms with van der Waals surface area (Å²) in [6.45, 7) is 1.47. The summed E-state index contributed by atoms with van der Waals surface area (Å²) in [7, 11) is -3.55. The second-order valence-electron chi connectivity index (χ2n) is 5.96. The average Bonchev–Trinajstić information content (AvgIpc) is 2.69. The van der Waals surface area contributed by atoms with Gasteiger partial charge in [0.1, 0.15) is 0 Å². The highest BCUT2D eigenvalue weighted by Gasteiger charge is 2.26. The predicted octanol–water partition coefficient (Wildman–Crippen LogP) is 2.60. The molecule has 1 aliphatic rings. The first-order valence-electron chi connectivity index (χ1n) is 8.42. The van der Waals surface area contributed by atoms with Crippen molar-refractivity contribution in [3.05, 3.63) is 58.6 Å². The number of rotatable bonds is 4. The molecule has 0 saturated carbocycles. The van der Waals surface area contributed by atoms with Gasteiger partial charge in [0.2, 0.25) is 10.0 Å². The number of amides is 1. The van der Waals surface area contributed by atoms with E-state index < -0.39 is 10.0 Å². The van der Waals surface area contributed by atoms with Crippen LogP contribution >= 0.6 is 28.1 Å². The number of nitrogens with one attached hydrogen (secondary N) is 2. The second-order valence-corrected chi connectivity index (χ2v) is 9.22. The molecule has 0 bridgehead atoms. The zero-order valence-electron chi connectivity index (χ0n) is 14.7. The molecule has 1 saturated heterocycles. The average molecular weight is 484 g/mol. The summed E-state index contributed by atoms with van der Waals surface area (Å²) in [6.07, 6.45) is 0. The number of carbonyl (C=O) groups is 1. The molecule has 0 aromatic heterocycles. The van der Waals surface area contributed by atoms with Crippen molar-refractivity contribution >= 4 is 54.9 Å². The van der Waals surface area contributed by atoms with Gasteiger partial charge >= 0.3 is 0 Å². The molecule has 148 valence electrons. The third-order valence-electron chi connectivity index (χ3n) is 4.03. The van der Waals surface area contributed by atoms with Gasteiger partial charge < -0.3 is 10.1 Å². The highest BCUT2D eigenvalue weighted by Crippen LogP contribution is 2.19. The smallest absolute Gasteiger partial charge is 0.257 e. The van der Waals surface area contributed by atoms with Crippen LogP contribution in [-0.2, 0) is 14.8 Å². The Morgan fingerprint density at radius 1 is 1.11 bits per heavy atom. The van der Waals surface area contributed by atoms with E-state index in [-0.39, 0.29) is 15.9 Å². The molecule has 7 nitrogen and oxygen atoms in total. The summed E-state index contributed by atoms with van der Waals surface area (Å²) in [5, 5.41) is 5.58. The fourth-order valence-electron chi connectivity index (χ4n) is 2.61. The van der Waals surface area contributed by atoms with E-state index >= 15 is 0 Å². The first kappa shape index (κ1) is 20.9. The van der Waals surface area contributed by atoms with E-state index in [2.05, 4.69) is 26.6 Å². The summed E-state index contributed by atoms with van der Waals surface area (Å²) in [5.74, 6) is -0.342. The van der Waals surface area contributed by atoms with Crippen LogP contribution in [0.25, 0.3) is 0 Å². The largest absolute Gasteiger partial charge is 0.379 e. The van der Waals surface area contributed by atoms with Crippen LogP contribution < -0.4 is 10.6 Å². The van der Waals surface area contributed by atoms with Gasteiger partial charge in [-0.3, -0.25) is 10.1 Å². The highest BCUT2D eigenvalue weighted by atomic mass is 79.9. The van der Waals surface area contributed by atoms with Crippen molar-refractivity contribution in [1.29, 1.82) is 0 Å². The molecule has 0 aliphatic carbocycles. The lowest BCUT2D eigenvalue weighted by molar-refractivity contribution is 0.0730. The fraction of sp³-hybridized carbons (Fsp3) is 0.222. The van der Waals surface area contributed by atoms with Gasteiger partial charge in [0.25, 0.3) is 5.91 Å². The summed E-state index contributed by atoms with van der Waals surface area (Å²) < 4.78 is 32.6. The lowest BCUT2D eigenvalue weighted by Gasteiger charge is -2.26. The van der Waals surface area contributed by atoms with Gasteiger partial charge in [-0.15, -0.1) is 0 Å². The number of thiocarbonyl (C=S) groups is 1. The van der Waals surface area contributed by atoms with Gasteiger partial charge in [0.05, 0.1) is 18.1 Å². The SMILES string of the molecule is O=C(NC(=S)Nc1ccc(S(=O)(=O)N2CCOCC2)cc1)c1cccc(Br)c1. The lowest BCUT2D eigenvalue weighted by Crippen LogP contribution is -2.40. The molecule has 2 aromatic rings. The minimum Gasteiger partial charge on any atom is -0.379 e. The van der Waals surface area contributed by atoms with E-state index in [1.165, 1.54) is 16.4 Å². The Hall–Kier alpha value is -1.85. The Morgan fingerprint density at radius 3 is 2.43 bits per heavy atom. The topological polar surface area (TPSA) is 87.7 Å². The number of halogens is 1. The van der Waals surface area contributed by atoms with Crippen molar-refractivity contribution in [2.75, 3.05) is 31.6 Å². The monoisotopic (exact) mass is 483 g/mol. The molecule has 2 N–H and O–H groups in total. The quantitative estimate of drug-likeness (QED) is 0.649. The first-order chi connectivity index (χ1) is 13.4. The number of hydrogen-bond donors (Lipinski definition) is 2. The molecular weight excluding hydrogens is 466 g/mol. The number of hydrogen-bond acceptors (Lipinski definition) is 5. The van der Waals surface area contributed by atoms with E-state index in [1.807, 2.05) is 6.07 Å². The number of morpholine rings is 1. The van der Waals surface area contributed by atoms with E-state index in [0.29, 0.717) is 37.6 Å². The number of ether oxygens (including phenoxy) is 1. The Labute approximate surface area is 177 Å². The third kappa shape index (κ3) is 5.15. The molecular formula is C18H18BrN3O4S2. The van der Waals surface area contributed by atoms with Gasteiger partial charge in [-0.1, -0.05) is 22.0 Å². The van der Waals surface area contributed by atoms with E-state index in [0.717, 1.165) is 4.47 Å². The molecule has 0 atom stereocenters. The molecule has 3 rings (SSSR count). The van der Waals surface area contributed by atoms with Crippen LogP contribution in [0.2, 0.25) is 0 Å². The zero-order chi connectivity index (χ0) is 20.1. The van der Waals surface area contributed by atoms with Gasteiger partial charge in [0, 0.05) is 28.8 Å². The van der Waals surface area contributed by atoms with Crippen molar-refractivity contribution in [2.45, 2.75) is 4.90 Å². The lowest BCUT2D eigenvalue weighted by atomic mass is 10.2. The molecule has 1 amide bonds. The summed E-state index contributed by atoms with van der Waals surface area (Å²) >= 11 is 8.47. The summed E-state index contributed by atoms with van der Waals surface area (Å²) in [6, 6.07) is 13.1. The molecule has 28 heavy (non-hydrogen) atoms. The van der Waals surface area contributed by atoms with Crippen LogP contribution in [-0.4, -0.2) is 50.0 Å². The standard InChI is InChI=1S/C18H18BrN3O4S2/c19-14-3-1-2-13(12-14)17(23)21-18(27)20-15-4-6-16(7-5-15)28(24,25)22-8-10-26-11-9-22/h1-7,12H,8-11H2,(H2,20,21,23,27). The first-order valence-corrected chi connectivity index (χ1v) is 11.1. The molecule has 0 radical (unpaired) electrons. The van der Waals surface area contributed by atoms with Crippen molar-refractivity contribution in [1.82, 2.24) is 9.62 Å². The minimum absolute atomic E-state index is 0.119. The van der Waals surface area contributed by atoms with E-state index in [1.54, 1.807) is 30.3 Å². The van der Waals surface area contributed by atoms with Crippen molar-refractivity contribution in [2.24, 2.45) is 0 Å². The third-order valence-corrected chi connectivity index (χ3v) is 6.64. The van der Waals surface area contributed by atoms with E-state index in [4.69, 9.17) is 17.0 Å². The van der Waals surface area contributed by atoms with Crippen LogP contribution in [0.5, 0.6) is 0 Å². The Kier molecular flexibility index (Phi) is 6.78. The normalized spacial score (nSPS) is 15.0. The Morgan fingerprint density at radius 2 is 1.79 bits per heavy atom. The van der Waals surface area contributed by atoms with Crippen molar-refractivity contribution in [3.63, 3.8) is 0 Å². The van der Waals surface area contributed by atoms with Crippen molar-refractivity contribution in [3.8, 4) is 0 Å². The van der Waals surface area contributed by atoms with Gasteiger partial charge in [0.15, 0.2) is 5.11 Å². The molecule has 1 aliphatic heterocycles. The maximum Gasteiger partial charge on any atom is 0.257 e. The Bertz CT molecular complexity index is 975. The van der Waals surface area contributed by atoms with Gasteiger partial charge in [-0.05, 0) is 54.7 Å².